The second-order valence-corrected chi connectivity index (χ2v) is 7.17. The quantitative estimate of drug-likeness (QED) is 0.788. The molecule has 0 spiro atoms. The van der Waals surface area contributed by atoms with Crippen LogP contribution in [0.1, 0.15) is 27.3 Å². The van der Waals surface area contributed by atoms with Crippen LogP contribution in [-0.2, 0) is 0 Å². The average Bonchev–Trinajstić information content (AvgIpc) is 3.02. The maximum absolute atomic E-state index is 12.7. The van der Waals surface area contributed by atoms with E-state index in [4.69, 9.17) is 5.73 Å². The predicted octanol–water partition coefficient (Wildman–Crippen LogP) is 0.381. The molecule has 2 amide bonds. The van der Waals surface area contributed by atoms with Gasteiger partial charge in [-0.3, -0.25) is 14.6 Å². The van der Waals surface area contributed by atoms with Crippen molar-refractivity contribution in [2.24, 2.45) is 5.73 Å². The molecule has 1 atom stereocenters. The smallest absolute Gasteiger partial charge is 0.268 e. The third kappa shape index (κ3) is 4.29. The Balaban J connectivity index is 1.73. The first-order valence-corrected chi connectivity index (χ1v) is 8.66. The van der Waals surface area contributed by atoms with Gasteiger partial charge in [0, 0.05) is 24.2 Å². The molecule has 1 unspecified atom stereocenters. The molecule has 1 aromatic heterocycles. The fourth-order valence-electron chi connectivity index (χ4n) is 3.34. The van der Waals surface area contributed by atoms with E-state index in [0.717, 1.165) is 5.56 Å². The number of amides is 2. The molecule has 27 heavy (non-hydrogen) atoms. The zero-order chi connectivity index (χ0) is 19.6. The maximum Gasteiger partial charge on any atom is 0.268 e. The summed E-state index contributed by atoms with van der Waals surface area (Å²) in [6.45, 7) is 1.36. The number of benzene rings is 1. The second-order valence-electron chi connectivity index (χ2n) is 7.17. The lowest BCUT2D eigenvalue weighted by Gasteiger charge is -2.26. The lowest BCUT2D eigenvalue weighted by molar-refractivity contribution is 0.0236. The Bertz CT molecular complexity index is 853. The van der Waals surface area contributed by atoms with Crippen LogP contribution in [0.4, 0.5) is 0 Å². The molecule has 1 aliphatic heterocycles. The highest BCUT2D eigenvalue weighted by atomic mass is 16.3. The van der Waals surface area contributed by atoms with Crippen molar-refractivity contribution in [1.82, 2.24) is 19.8 Å². The molecule has 1 aliphatic rings. The number of likely N-dealkylation sites (N-methyl/N-ethyl adjacent to an activating group) is 1. The minimum Gasteiger partial charge on any atom is -0.387 e. The van der Waals surface area contributed by atoms with E-state index >= 15 is 0 Å². The van der Waals surface area contributed by atoms with Gasteiger partial charge in [-0.15, -0.1) is 0 Å². The number of likely N-dealkylation sites (tertiary alicyclic amines) is 1. The summed E-state index contributed by atoms with van der Waals surface area (Å²) < 4.78 is 0. The monoisotopic (exact) mass is 369 g/mol. The Morgan fingerprint density at radius 1 is 1.26 bits per heavy atom. The summed E-state index contributed by atoms with van der Waals surface area (Å²) in [4.78, 5) is 35.7. The molecule has 142 valence electrons. The Kier molecular flexibility index (Phi) is 5.20. The molecular weight excluding hydrogens is 346 g/mol. The number of carbonyl (C=O) groups excluding carboxylic acids is 2. The first kappa shape index (κ1) is 18.9. The number of β-amino-alcohol motifs (C(OH)–C–C–N with tert-alkyl or cyclic N) is 1. The van der Waals surface area contributed by atoms with Crippen LogP contribution in [0, 0.1) is 0 Å². The van der Waals surface area contributed by atoms with Crippen molar-refractivity contribution in [3.63, 3.8) is 0 Å². The lowest BCUT2D eigenvalue weighted by atomic mass is 10.0. The van der Waals surface area contributed by atoms with Gasteiger partial charge in [0.2, 0.25) is 0 Å². The zero-order valence-electron chi connectivity index (χ0n) is 15.4. The molecule has 3 rings (SSSR count). The molecule has 2 heterocycles. The van der Waals surface area contributed by atoms with Gasteiger partial charge in [0.1, 0.15) is 5.69 Å². The van der Waals surface area contributed by atoms with Crippen molar-refractivity contribution < 1.29 is 14.7 Å². The molecule has 8 heteroatoms. The Hall–Kier alpha value is -2.84. The standard InChI is InChI=1S/C19H23N5O3/c1-23(2)11-19(27)7-8-24(12-19)18(26)14-5-3-13(4-6-14)15-9-21-10-16(22-15)17(20)25/h3-6,9-10,27H,7-8,11-12H2,1-2H3,(H2,20,25). The minimum atomic E-state index is -0.871. The molecule has 1 fully saturated rings. The summed E-state index contributed by atoms with van der Waals surface area (Å²) in [6, 6.07) is 6.92. The first-order valence-electron chi connectivity index (χ1n) is 8.66. The molecule has 3 N–H and O–H groups in total. The van der Waals surface area contributed by atoms with Crippen molar-refractivity contribution in [2.45, 2.75) is 12.0 Å². The van der Waals surface area contributed by atoms with Crippen LogP contribution < -0.4 is 5.73 Å². The van der Waals surface area contributed by atoms with Crippen LogP contribution in [0.5, 0.6) is 0 Å². The van der Waals surface area contributed by atoms with Gasteiger partial charge in [-0.25, -0.2) is 4.98 Å². The molecular formula is C19H23N5O3. The molecule has 0 bridgehead atoms. The number of nitrogens with zero attached hydrogens (tertiary/aromatic N) is 4. The first-order chi connectivity index (χ1) is 12.8. The van der Waals surface area contributed by atoms with Crippen molar-refractivity contribution in [1.29, 1.82) is 0 Å². The van der Waals surface area contributed by atoms with Crippen molar-refractivity contribution >= 4 is 11.8 Å². The van der Waals surface area contributed by atoms with Crippen molar-refractivity contribution in [3.05, 3.63) is 47.9 Å². The summed E-state index contributed by atoms with van der Waals surface area (Å²) in [7, 11) is 3.80. The van der Waals surface area contributed by atoms with Gasteiger partial charge in [0.25, 0.3) is 11.8 Å². The number of nitrogens with two attached hydrogens (primary N) is 1. The number of hydrogen-bond acceptors (Lipinski definition) is 6. The summed E-state index contributed by atoms with van der Waals surface area (Å²) in [5, 5.41) is 10.6. The van der Waals surface area contributed by atoms with E-state index in [-0.39, 0.29) is 11.6 Å². The van der Waals surface area contributed by atoms with Crippen molar-refractivity contribution in [2.75, 3.05) is 33.7 Å². The third-order valence-corrected chi connectivity index (χ3v) is 4.54. The number of rotatable bonds is 5. The van der Waals surface area contributed by atoms with Gasteiger partial charge in [0.15, 0.2) is 0 Å². The predicted molar refractivity (Wildman–Crippen MR) is 100 cm³/mol. The van der Waals surface area contributed by atoms with Gasteiger partial charge in [-0.1, -0.05) is 12.1 Å². The van der Waals surface area contributed by atoms with E-state index in [0.29, 0.717) is 37.3 Å². The molecule has 0 saturated carbocycles. The van der Waals surface area contributed by atoms with Crippen LogP contribution in [-0.4, -0.2) is 76.0 Å². The minimum absolute atomic E-state index is 0.0879. The fourth-order valence-corrected chi connectivity index (χ4v) is 3.34. The third-order valence-electron chi connectivity index (χ3n) is 4.54. The van der Waals surface area contributed by atoms with Crippen LogP contribution in [0.25, 0.3) is 11.3 Å². The highest BCUT2D eigenvalue weighted by Gasteiger charge is 2.38. The zero-order valence-corrected chi connectivity index (χ0v) is 15.4. The lowest BCUT2D eigenvalue weighted by Crippen LogP contribution is -2.43. The number of hydrogen-bond donors (Lipinski definition) is 2. The van der Waals surface area contributed by atoms with E-state index in [1.165, 1.54) is 12.4 Å². The van der Waals surface area contributed by atoms with E-state index in [1.54, 1.807) is 29.2 Å². The largest absolute Gasteiger partial charge is 0.387 e. The van der Waals surface area contributed by atoms with Gasteiger partial charge in [0.05, 0.1) is 30.2 Å². The molecule has 0 aliphatic carbocycles. The highest BCUT2D eigenvalue weighted by molar-refractivity contribution is 5.95. The number of carbonyl (C=O) groups is 2. The summed E-state index contributed by atoms with van der Waals surface area (Å²) in [5.41, 5.74) is 6.22. The summed E-state index contributed by atoms with van der Waals surface area (Å²) >= 11 is 0. The average molecular weight is 369 g/mol. The Morgan fingerprint density at radius 3 is 2.59 bits per heavy atom. The van der Waals surface area contributed by atoms with Gasteiger partial charge in [-0.2, -0.15) is 0 Å². The number of aliphatic hydroxyl groups is 1. The van der Waals surface area contributed by atoms with Crippen LogP contribution in [0.3, 0.4) is 0 Å². The number of primary amides is 1. The topological polar surface area (TPSA) is 113 Å². The Labute approximate surface area is 157 Å². The molecule has 1 aromatic carbocycles. The second kappa shape index (κ2) is 7.42. The normalized spacial score (nSPS) is 19.5. The SMILES string of the molecule is CN(C)CC1(O)CCN(C(=O)c2ccc(-c3cncc(C(N)=O)n3)cc2)C1. The van der Waals surface area contributed by atoms with Crippen molar-refractivity contribution in [3.8, 4) is 11.3 Å². The summed E-state index contributed by atoms with van der Waals surface area (Å²) in [6.07, 6.45) is 3.40. The molecule has 8 nitrogen and oxygen atoms in total. The van der Waals surface area contributed by atoms with E-state index in [1.807, 2.05) is 19.0 Å². The Morgan fingerprint density at radius 2 is 1.96 bits per heavy atom. The van der Waals surface area contributed by atoms with E-state index in [2.05, 4.69) is 9.97 Å². The highest BCUT2D eigenvalue weighted by Crippen LogP contribution is 2.24. The maximum atomic E-state index is 12.7. The molecule has 1 saturated heterocycles. The van der Waals surface area contributed by atoms with E-state index < -0.39 is 11.5 Å². The van der Waals surface area contributed by atoms with Crippen LogP contribution >= 0.6 is 0 Å². The van der Waals surface area contributed by atoms with Crippen LogP contribution in [0.2, 0.25) is 0 Å². The molecule has 2 aromatic rings. The van der Waals surface area contributed by atoms with Gasteiger partial charge >= 0.3 is 0 Å². The van der Waals surface area contributed by atoms with Gasteiger partial charge < -0.3 is 20.6 Å². The molecule has 0 radical (unpaired) electrons. The number of aromatic nitrogens is 2. The van der Waals surface area contributed by atoms with E-state index in [9.17, 15) is 14.7 Å². The van der Waals surface area contributed by atoms with Crippen LogP contribution in [0.15, 0.2) is 36.7 Å². The summed E-state index contributed by atoms with van der Waals surface area (Å²) in [5.74, 6) is -0.761. The van der Waals surface area contributed by atoms with Gasteiger partial charge in [-0.05, 0) is 32.6 Å². The fraction of sp³-hybridized carbons (Fsp3) is 0.368.